The summed E-state index contributed by atoms with van der Waals surface area (Å²) in [5.74, 6) is 4.77. The van der Waals surface area contributed by atoms with Gasteiger partial charge in [0.1, 0.15) is 0 Å². The monoisotopic (exact) mass is 154 g/mol. The largest absolute Gasteiger partial charge is 0.139 e. The van der Waals surface area contributed by atoms with Gasteiger partial charge in [-0.05, 0) is 35.6 Å². The van der Waals surface area contributed by atoms with Crippen LogP contribution in [0.5, 0.6) is 0 Å². The summed E-state index contributed by atoms with van der Waals surface area (Å²) >= 11 is 0. The van der Waals surface area contributed by atoms with Gasteiger partial charge in [0.05, 0.1) is 0 Å². The van der Waals surface area contributed by atoms with Crippen molar-refractivity contribution in [2.24, 2.45) is 0 Å². The zero-order chi connectivity index (χ0) is 7.40. The number of aryl methyl sites for hydroxylation is 2. The average molecular weight is 154 g/mol. The molecule has 0 saturated heterocycles. The van der Waals surface area contributed by atoms with Crippen LogP contribution in [0.1, 0.15) is 31.4 Å². The van der Waals surface area contributed by atoms with Gasteiger partial charge < -0.3 is 0 Å². The lowest BCUT2D eigenvalue weighted by Gasteiger charge is -1.97. The zero-order valence-electron chi connectivity index (χ0n) is 6.78. The molecule has 0 aromatic carbocycles. The standard InChI is InChI=1S/C9H15P/c1-3-5-9-7-10-6-8(9)4-2/h6-7,10H,3-5H2,1-2H3. The molecule has 0 spiro atoms. The molecular weight excluding hydrogens is 139 g/mol. The Hall–Kier alpha value is -0.220. The van der Waals surface area contributed by atoms with E-state index in [2.05, 4.69) is 25.4 Å². The molecule has 1 rings (SSSR count). The van der Waals surface area contributed by atoms with Crippen molar-refractivity contribution in [3.63, 3.8) is 0 Å². The van der Waals surface area contributed by atoms with Crippen LogP contribution in [0.25, 0.3) is 0 Å². The molecule has 10 heavy (non-hydrogen) atoms. The Kier molecular flexibility index (Phi) is 3.02. The molecule has 1 atom stereocenters. The molecule has 1 heterocycles. The van der Waals surface area contributed by atoms with E-state index in [1.54, 1.807) is 11.1 Å². The molecule has 0 nitrogen and oxygen atoms in total. The van der Waals surface area contributed by atoms with Crippen LogP contribution in [0.15, 0.2) is 11.6 Å². The fourth-order valence-corrected chi connectivity index (χ4v) is 2.46. The number of rotatable bonds is 3. The van der Waals surface area contributed by atoms with Gasteiger partial charge in [0.25, 0.3) is 0 Å². The summed E-state index contributed by atoms with van der Waals surface area (Å²) in [5, 5.41) is 0. The molecule has 1 unspecified atom stereocenters. The van der Waals surface area contributed by atoms with E-state index < -0.39 is 0 Å². The Balaban J connectivity index is 2.70. The Morgan fingerprint density at radius 3 is 2.50 bits per heavy atom. The van der Waals surface area contributed by atoms with E-state index in [0.29, 0.717) is 0 Å². The third-order valence-electron chi connectivity index (χ3n) is 1.83. The Morgan fingerprint density at radius 2 is 1.90 bits per heavy atom. The van der Waals surface area contributed by atoms with E-state index in [4.69, 9.17) is 0 Å². The summed E-state index contributed by atoms with van der Waals surface area (Å²) in [4.78, 5) is 0. The first-order valence-corrected chi connectivity index (χ1v) is 5.18. The number of hydrogen-bond donors (Lipinski definition) is 0. The van der Waals surface area contributed by atoms with E-state index >= 15 is 0 Å². The van der Waals surface area contributed by atoms with Crippen molar-refractivity contribution >= 4 is 8.19 Å². The van der Waals surface area contributed by atoms with Crippen LogP contribution in [0.4, 0.5) is 0 Å². The van der Waals surface area contributed by atoms with E-state index in [1.165, 1.54) is 19.3 Å². The second kappa shape index (κ2) is 3.83. The molecule has 0 saturated carbocycles. The van der Waals surface area contributed by atoms with Crippen molar-refractivity contribution < 1.29 is 0 Å². The first kappa shape index (κ1) is 7.88. The van der Waals surface area contributed by atoms with E-state index in [1.807, 2.05) is 0 Å². The topological polar surface area (TPSA) is 0 Å². The molecule has 0 radical (unpaired) electrons. The van der Waals surface area contributed by atoms with Crippen molar-refractivity contribution in [3.8, 4) is 0 Å². The highest BCUT2D eigenvalue weighted by Crippen LogP contribution is 2.20. The minimum atomic E-state index is 0.962. The Morgan fingerprint density at radius 1 is 1.20 bits per heavy atom. The third kappa shape index (κ3) is 1.64. The summed E-state index contributed by atoms with van der Waals surface area (Å²) < 4.78 is 0. The van der Waals surface area contributed by atoms with Crippen molar-refractivity contribution in [1.29, 1.82) is 0 Å². The first-order valence-electron chi connectivity index (χ1n) is 4.03. The molecule has 0 aliphatic heterocycles. The van der Waals surface area contributed by atoms with Gasteiger partial charge in [-0.3, -0.25) is 0 Å². The lowest BCUT2D eigenvalue weighted by molar-refractivity contribution is 0.907. The molecule has 56 valence electrons. The van der Waals surface area contributed by atoms with Crippen LogP contribution in [0, 0.1) is 0 Å². The van der Waals surface area contributed by atoms with Crippen LogP contribution < -0.4 is 0 Å². The summed E-state index contributed by atoms with van der Waals surface area (Å²) in [6, 6.07) is 0. The Bertz CT molecular complexity index is 188. The van der Waals surface area contributed by atoms with Crippen molar-refractivity contribution in [3.05, 3.63) is 22.7 Å². The van der Waals surface area contributed by atoms with Crippen LogP contribution in [0.3, 0.4) is 0 Å². The van der Waals surface area contributed by atoms with E-state index in [-0.39, 0.29) is 0 Å². The second-order valence-electron chi connectivity index (χ2n) is 2.61. The van der Waals surface area contributed by atoms with E-state index in [9.17, 15) is 0 Å². The lowest BCUT2D eigenvalue weighted by atomic mass is 10.1. The smallest absolute Gasteiger partial charge is 0.0275 e. The fourth-order valence-electron chi connectivity index (χ4n) is 1.26. The molecule has 0 fully saturated rings. The van der Waals surface area contributed by atoms with Crippen molar-refractivity contribution in [2.45, 2.75) is 33.1 Å². The maximum Gasteiger partial charge on any atom is -0.0275 e. The summed E-state index contributed by atoms with van der Waals surface area (Å²) in [5.41, 5.74) is 3.21. The van der Waals surface area contributed by atoms with Crippen molar-refractivity contribution in [2.75, 3.05) is 0 Å². The summed E-state index contributed by atoms with van der Waals surface area (Å²) in [7, 11) is 0.962. The lowest BCUT2D eigenvalue weighted by Crippen LogP contribution is -1.85. The predicted molar refractivity (Wildman–Crippen MR) is 49.3 cm³/mol. The third-order valence-corrected chi connectivity index (χ3v) is 2.86. The van der Waals surface area contributed by atoms with Gasteiger partial charge in [-0.1, -0.05) is 20.3 Å². The molecule has 0 aliphatic rings. The fraction of sp³-hybridized carbons (Fsp3) is 0.556. The van der Waals surface area contributed by atoms with Crippen molar-refractivity contribution in [1.82, 2.24) is 0 Å². The van der Waals surface area contributed by atoms with Gasteiger partial charge >= 0.3 is 0 Å². The molecule has 0 amide bonds. The van der Waals surface area contributed by atoms with Gasteiger partial charge in [-0.2, -0.15) is 0 Å². The van der Waals surface area contributed by atoms with Crippen LogP contribution >= 0.6 is 8.19 Å². The quantitative estimate of drug-likeness (QED) is 0.627. The minimum absolute atomic E-state index is 0.962. The minimum Gasteiger partial charge on any atom is -0.139 e. The zero-order valence-corrected chi connectivity index (χ0v) is 7.78. The maximum absolute atomic E-state index is 2.39. The molecule has 0 bridgehead atoms. The molecule has 0 aliphatic carbocycles. The maximum atomic E-state index is 2.39. The normalized spacial score (nSPS) is 11.0. The molecular formula is C9H15P. The highest BCUT2D eigenvalue weighted by molar-refractivity contribution is 7.28. The average Bonchev–Trinajstić information content (AvgIpc) is 2.36. The summed E-state index contributed by atoms with van der Waals surface area (Å²) in [6.07, 6.45) is 3.79. The second-order valence-corrected chi connectivity index (χ2v) is 3.52. The predicted octanol–water partition coefficient (Wildman–Crippen LogP) is 3.23. The molecule has 1 heteroatoms. The highest BCUT2D eigenvalue weighted by atomic mass is 31.0. The Labute approximate surface area is 64.7 Å². The highest BCUT2D eigenvalue weighted by Gasteiger charge is 1.97. The molecule has 1 aromatic heterocycles. The van der Waals surface area contributed by atoms with Gasteiger partial charge in [0, 0.05) is 0 Å². The van der Waals surface area contributed by atoms with Crippen LogP contribution in [-0.2, 0) is 12.8 Å². The van der Waals surface area contributed by atoms with Gasteiger partial charge in [-0.25, -0.2) is 0 Å². The van der Waals surface area contributed by atoms with Gasteiger partial charge in [0.15, 0.2) is 0 Å². The van der Waals surface area contributed by atoms with Crippen LogP contribution in [-0.4, -0.2) is 0 Å². The van der Waals surface area contributed by atoms with Crippen LogP contribution in [0.2, 0.25) is 0 Å². The van der Waals surface area contributed by atoms with Gasteiger partial charge in [-0.15, -0.1) is 8.19 Å². The SMILES string of the molecule is CCCc1c[pH]cc1CC. The van der Waals surface area contributed by atoms with E-state index in [0.717, 1.165) is 8.19 Å². The van der Waals surface area contributed by atoms with Gasteiger partial charge in [0.2, 0.25) is 0 Å². The molecule has 0 N–H and O–H groups in total. The first-order chi connectivity index (χ1) is 4.88. The summed E-state index contributed by atoms with van der Waals surface area (Å²) in [6.45, 7) is 4.49. The number of hydrogen-bond acceptors (Lipinski definition) is 0. The molecule has 1 aromatic rings.